The predicted molar refractivity (Wildman–Crippen MR) is 86.7 cm³/mol. The van der Waals surface area contributed by atoms with E-state index < -0.39 is 0 Å². The minimum atomic E-state index is -0.00701. The average Bonchev–Trinajstić information content (AvgIpc) is 2.81. The first-order chi connectivity index (χ1) is 10.1. The van der Waals surface area contributed by atoms with E-state index in [9.17, 15) is 4.79 Å². The number of ether oxygens (including phenoxy) is 1. The molecular weight excluding hydrogens is 330 g/mol. The summed E-state index contributed by atoms with van der Waals surface area (Å²) < 4.78 is 6.61. The summed E-state index contributed by atoms with van der Waals surface area (Å²) in [7, 11) is 0. The van der Waals surface area contributed by atoms with Gasteiger partial charge in [0, 0.05) is 16.2 Å². The van der Waals surface area contributed by atoms with Gasteiger partial charge in [0.15, 0.2) is 6.61 Å². The fourth-order valence-electron chi connectivity index (χ4n) is 2.71. The molecule has 21 heavy (non-hydrogen) atoms. The maximum absolute atomic E-state index is 12.5. The molecule has 0 N–H and O–H groups in total. The molecule has 1 amide bonds. The molecule has 1 atom stereocenters. The van der Waals surface area contributed by atoms with E-state index in [2.05, 4.69) is 28.9 Å². The van der Waals surface area contributed by atoms with E-state index in [1.807, 2.05) is 47.4 Å². The van der Waals surface area contributed by atoms with Crippen LogP contribution in [0.4, 0.5) is 5.69 Å². The number of para-hydroxylation sites is 1. The number of carbonyl (C=O) groups excluding carboxylic acids is 1. The van der Waals surface area contributed by atoms with E-state index in [4.69, 9.17) is 4.74 Å². The van der Waals surface area contributed by atoms with Crippen molar-refractivity contribution in [2.45, 2.75) is 19.4 Å². The lowest BCUT2D eigenvalue weighted by Crippen LogP contribution is -2.39. The summed E-state index contributed by atoms with van der Waals surface area (Å²) in [5.74, 6) is 0.709. The number of halogens is 1. The van der Waals surface area contributed by atoms with Crippen molar-refractivity contribution in [2.75, 3.05) is 11.5 Å². The minimum absolute atomic E-state index is 0.00701. The van der Waals surface area contributed by atoms with Crippen LogP contribution in [0.2, 0.25) is 0 Å². The van der Waals surface area contributed by atoms with E-state index >= 15 is 0 Å². The van der Waals surface area contributed by atoms with Gasteiger partial charge in [0.25, 0.3) is 5.91 Å². The quantitative estimate of drug-likeness (QED) is 0.846. The largest absolute Gasteiger partial charge is 0.484 e. The molecule has 3 nitrogen and oxygen atoms in total. The molecule has 0 unspecified atom stereocenters. The van der Waals surface area contributed by atoms with E-state index in [1.165, 1.54) is 5.56 Å². The first-order valence-corrected chi connectivity index (χ1v) is 7.73. The third-order valence-electron chi connectivity index (χ3n) is 3.63. The van der Waals surface area contributed by atoms with Crippen LogP contribution in [0.5, 0.6) is 5.75 Å². The second-order valence-electron chi connectivity index (χ2n) is 5.19. The number of rotatable bonds is 3. The summed E-state index contributed by atoms with van der Waals surface area (Å²) in [5.41, 5.74) is 2.19. The molecule has 1 heterocycles. The van der Waals surface area contributed by atoms with E-state index in [0.717, 1.165) is 16.6 Å². The van der Waals surface area contributed by atoms with Crippen LogP contribution >= 0.6 is 15.9 Å². The van der Waals surface area contributed by atoms with Crippen LogP contribution in [0.15, 0.2) is 53.0 Å². The Morgan fingerprint density at radius 2 is 2.05 bits per heavy atom. The first-order valence-electron chi connectivity index (χ1n) is 6.93. The maximum atomic E-state index is 12.5. The number of amides is 1. The Morgan fingerprint density at radius 3 is 2.81 bits per heavy atom. The van der Waals surface area contributed by atoms with Crippen LogP contribution in [-0.4, -0.2) is 18.6 Å². The van der Waals surface area contributed by atoms with Crippen molar-refractivity contribution in [3.8, 4) is 5.75 Å². The number of nitrogens with zero attached hydrogens (tertiary/aromatic N) is 1. The molecule has 0 saturated heterocycles. The molecule has 4 heteroatoms. The molecule has 0 aromatic heterocycles. The maximum Gasteiger partial charge on any atom is 0.265 e. The molecule has 1 aliphatic heterocycles. The number of hydrogen-bond donors (Lipinski definition) is 0. The normalized spacial score (nSPS) is 16.7. The molecule has 3 rings (SSSR count). The van der Waals surface area contributed by atoms with Gasteiger partial charge in [0.05, 0.1) is 0 Å². The summed E-state index contributed by atoms with van der Waals surface area (Å²) in [4.78, 5) is 14.3. The van der Waals surface area contributed by atoms with Crippen molar-refractivity contribution >= 4 is 27.5 Å². The third-order valence-corrected chi connectivity index (χ3v) is 4.12. The van der Waals surface area contributed by atoms with Gasteiger partial charge in [-0.1, -0.05) is 34.1 Å². The van der Waals surface area contributed by atoms with Gasteiger partial charge in [-0.3, -0.25) is 4.79 Å². The van der Waals surface area contributed by atoms with Gasteiger partial charge in [-0.2, -0.15) is 0 Å². The second-order valence-corrected chi connectivity index (χ2v) is 6.11. The lowest BCUT2D eigenvalue weighted by atomic mass is 10.1. The summed E-state index contributed by atoms with van der Waals surface area (Å²) in [5, 5.41) is 0. The lowest BCUT2D eigenvalue weighted by molar-refractivity contribution is -0.120. The Balaban J connectivity index is 1.73. The zero-order valence-electron chi connectivity index (χ0n) is 11.8. The van der Waals surface area contributed by atoms with Crippen LogP contribution in [0, 0.1) is 0 Å². The first kappa shape index (κ1) is 14.1. The van der Waals surface area contributed by atoms with Crippen LogP contribution in [0.3, 0.4) is 0 Å². The zero-order chi connectivity index (χ0) is 14.8. The summed E-state index contributed by atoms with van der Waals surface area (Å²) in [6.07, 6.45) is 0.881. The Bertz CT molecular complexity index is 657. The topological polar surface area (TPSA) is 29.5 Å². The highest BCUT2D eigenvalue weighted by Gasteiger charge is 2.31. The molecule has 0 fully saturated rings. The van der Waals surface area contributed by atoms with Gasteiger partial charge < -0.3 is 9.64 Å². The second kappa shape index (κ2) is 5.90. The molecule has 1 aliphatic rings. The Morgan fingerprint density at radius 1 is 1.29 bits per heavy atom. The predicted octanol–water partition coefficient (Wildman–Crippen LogP) is 3.81. The number of fused-ring (bicyclic) bond motifs is 1. The number of hydrogen-bond acceptors (Lipinski definition) is 2. The Kier molecular flexibility index (Phi) is 3.97. The molecule has 108 valence electrons. The van der Waals surface area contributed by atoms with Crippen LogP contribution in [-0.2, 0) is 11.2 Å². The highest BCUT2D eigenvalue weighted by atomic mass is 79.9. The molecule has 2 aromatic carbocycles. The van der Waals surface area contributed by atoms with Crippen LogP contribution in [0.1, 0.15) is 12.5 Å². The van der Waals surface area contributed by atoms with Crippen molar-refractivity contribution in [1.82, 2.24) is 0 Å². The van der Waals surface area contributed by atoms with Crippen molar-refractivity contribution < 1.29 is 9.53 Å². The minimum Gasteiger partial charge on any atom is -0.484 e. The highest BCUT2D eigenvalue weighted by Crippen LogP contribution is 2.34. The van der Waals surface area contributed by atoms with Gasteiger partial charge in [-0.25, -0.2) is 0 Å². The fourth-order valence-corrected chi connectivity index (χ4v) is 3.12. The van der Waals surface area contributed by atoms with Gasteiger partial charge in [-0.15, -0.1) is 0 Å². The molecule has 2 aromatic rings. The molecule has 0 radical (unpaired) electrons. The van der Waals surface area contributed by atoms with Crippen LogP contribution in [0.25, 0.3) is 0 Å². The molecular formula is C17H16BrNO2. The van der Waals surface area contributed by atoms with E-state index in [1.54, 1.807) is 0 Å². The molecule has 0 aliphatic carbocycles. The van der Waals surface area contributed by atoms with Gasteiger partial charge in [0.2, 0.25) is 0 Å². The van der Waals surface area contributed by atoms with Gasteiger partial charge in [-0.05, 0) is 49.2 Å². The number of carbonyl (C=O) groups is 1. The molecule has 0 spiro atoms. The Labute approximate surface area is 132 Å². The van der Waals surface area contributed by atoms with Crippen molar-refractivity contribution in [1.29, 1.82) is 0 Å². The van der Waals surface area contributed by atoms with Crippen molar-refractivity contribution in [3.05, 3.63) is 58.6 Å². The third kappa shape index (κ3) is 2.95. The SMILES string of the molecule is C[C@H]1Cc2cc(Br)ccc2N1C(=O)COc1ccccc1. The Hall–Kier alpha value is -1.81. The van der Waals surface area contributed by atoms with E-state index in [-0.39, 0.29) is 18.6 Å². The van der Waals surface area contributed by atoms with Crippen molar-refractivity contribution in [2.24, 2.45) is 0 Å². The number of benzene rings is 2. The molecule has 0 bridgehead atoms. The van der Waals surface area contributed by atoms with Crippen molar-refractivity contribution in [3.63, 3.8) is 0 Å². The van der Waals surface area contributed by atoms with Gasteiger partial charge >= 0.3 is 0 Å². The fraction of sp³-hybridized carbons (Fsp3) is 0.235. The standard InChI is InChI=1S/C17H16BrNO2/c1-12-9-13-10-14(18)7-8-16(13)19(12)17(20)11-21-15-5-3-2-4-6-15/h2-8,10,12H,9,11H2,1H3/t12-/m0/s1. The van der Waals surface area contributed by atoms with Crippen LogP contribution < -0.4 is 9.64 Å². The zero-order valence-corrected chi connectivity index (χ0v) is 13.3. The number of anilines is 1. The monoisotopic (exact) mass is 345 g/mol. The summed E-state index contributed by atoms with van der Waals surface area (Å²) >= 11 is 3.47. The molecule has 0 saturated carbocycles. The van der Waals surface area contributed by atoms with Gasteiger partial charge in [0.1, 0.15) is 5.75 Å². The summed E-state index contributed by atoms with van der Waals surface area (Å²) in [6.45, 7) is 2.12. The smallest absolute Gasteiger partial charge is 0.265 e. The van der Waals surface area contributed by atoms with E-state index in [0.29, 0.717) is 5.75 Å². The summed E-state index contributed by atoms with van der Waals surface area (Å²) in [6, 6.07) is 15.6. The average molecular weight is 346 g/mol. The highest BCUT2D eigenvalue weighted by molar-refractivity contribution is 9.10. The lowest BCUT2D eigenvalue weighted by Gasteiger charge is -2.22.